The summed E-state index contributed by atoms with van der Waals surface area (Å²) < 4.78 is 13.0. The molecule has 0 aliphatic heterocycles. The van der Waals surface area contributed by atoms with Gasteiger partial charge in [-0.15, -0.1) is 0 Å². The van der Waals surface area contributed by atoms with Gasteiger partial charge in [0.25, 0.3) is 11.6 Å². The number of amides is 1. The number of hydrogen-bond acceptors (Lipinski definition) is 4. The van der Waals surface area contributed by atoms with Crippen molar-refractivity contribution in [2.24, 2.45) is 0 Å². The van der Waals surface area contributed by atoms with E-state index in [9.17, 15) is 19.3 Å². The number of carbonyl (C=O) groups is 1. The van der Waals surface area contributed by atoms with Crippen LogP contribution < -0.4 is 5.32 Å². The first kappa shape index (κ1) is 17.4. The van der Waals surface area contributed by atoms with Gasteiger partial charge in [0, 0.05) is 25.7 Å². The largest absolute Gasteiger partial charge is 0.383 e. The lowest BCUT2D eigenvalue weighted by molar-refractivity contribution is -0.384. The number of nitro benzene ring substituents is 1. The van der Waals surface area contributed by atoms with Gasteiger partial charge in [-0.2, -0.15) is 0 Å². The minimum absolute atomic E-state index is 0.161. The van der Waals surface area contributed by atoms with Crippen molar-refractivity contribution < 1.29 is 14.1 Å². The normalized spacial score (nSPS) is 11.7. The van der Waals surface area contributed by atoms with Crippen LogP contribution in [0.25, 0.3) is 0 Å². The second-order valence-corrected chi connectivity index (χ2v) is 5.38. The van der Waals surface area contributed by atoms with E-state index >= 15 is 0 Å². The maximum absolute atomic E-state index is 13.0. The summed E-state index contributed by atoms with van der Waals surface area (Å²) in [5, 5.41) is 13.8. The number of rotatable bonds is 5. The van der Waals surface area contributed by atoms with Crippen LogP contribution >= 0.6 is 0 Å². The van der Waals surface area contributed by atoms with Gasteiger partial charge in [-0.05, 0) is 36.8 Å². The van der Waals surface area contributed by atoms with Crippen molar-refractivity contribution in [1.29, 1.82) is 0 Å². The van der Waals surface area contributed by atoms with Crippen LogP contribution in [0.1, 0.15) is 28.9 Å². The Morgan fingerprint density at radius 3 is 2.42 bits per heavy atom. The first-order chi connectivity index (χ1) is 11.3. The second-order valence-electron chi connectivity index (χ2n) is 5.38. The first-order valence-electron chi connectivity index (χ1n) is 7.34. The van der Waals surface area contributed by atoms with Crippen LogP contribution in [-0.4, -0.2) is 29.8 Å². The van der Waals surface area contributed by atoms with Crippen LogP contribution in [0.15, 0.2) is 42.5 Å². The SMILES string of the molecule is CNc1ccc(C(=O)N(C)C(C)c2ccc(F)cc2)cc1[N+](=O)[O-]. The highest BCUT2D eigenvalue weighted by Crippen LogP contribution is 2.27. The highest BCUT2D eigenvalue weighted by Gasteiger charge is 2.22. The number of carbonyl (C=O) groups excluding carboxylic acids is 1. The zero-order chi connectivity index (χ0) is 17.9. The molecule has 1 unspecified atom stereocenters. The van der Waals surface area contributed by atoms with Crippen molar-refractivity contribution in [1.82, 2.24) is 4.90 Å². The third kappa shape index (κ3) is 3.51. The van der Waals surface area contributed by atoms with E-state index in [0.717, 1.165) is 5.56 Å². The number of hydrogen-bond donors (Lipinski definition) is 1. The van der Waals surface area contributed by atoms with Crippen molar-refractivity contribution in [3.8, 4) is 0 Å². The molecule has 0 aliphatic carbocycles. The summed E-state index contributed by atoms with van der Waals surface area (Å²) in [5.74, 6) is -0.698. The zero-order valence-corrected chi connectivity index (χ0v) is 13.6. The Balaban J connectivity index is 2.28. The lowest BCUT2D eigenvalue weighted by Crippen LogP contribution is -2.29. The van der Waals surface area contributed by atoms with Gasteiger partial charge >= 0.3 is 0 Å². The van der Waals surface area contributed by atoms with Gasteiger partial charge in [-0.3, -0.25) is 14.9 Å². The van der Waals surface area contributed by atoms with E-state index in [2.05, 4.69) is 5.32 Å². The highest BCUT2D eigenvalue weighted by atomic mass is 19.1. The quantitative estimate of drug-likeness (QED) is 0.671. The van der Waals surface area contributed by atoms with Crippen LogP contribution in [0.5, 0.6) is 0 Å². The minimum Gasteiger partial charge on any atom is -0.383 e. The van der Waals surface area contributed by atoms with Crippen molar-refractivity contribution in [3.05, 3.63) is 69.5 Å². The molecular weight excluding hydrogens is 313 g/mol. The summed E-state index contributed by atoms with van der Waals surface area (Å²) in [6, 6.07) is 9.86. The lowest BCUT2D eigenvalue weighted by Gasteiger charge is -2.25. The third-order valence-electron chi connectivity index (χ3n) is 3.96. The van der Waals surface area contributed by atoms with Crippen molar-refractivity contribution in [2.75, 3.05) is 19.4 Å². The van der Waals surface area contributed by atoms with Crippen LogP contribution in [0.4, 0.5) is 15.8 Å². The predicted molar refractivity (Wildman–Crippen MR) is 89.6 cm³/mol. The molecule has 126 valence electrons. The highest BCUT2D eigenvalue weighted by molar-refractivity contribution is 5.95. The van der Waals surface area contributed by atoms with Crippen LogP contribution in [-0.2, 0) is 0 Å². The summed E-state index contributed by atoms with van der Waals surface area (Å²) in [6.07, 6.45) is 0. The van der Waals surface area contributed by atoms with Gasteiger partial charge in [0.1, 0.15) is 11.5 Å². The van der Waals surface area contributed by atoms with E-state index in [-0.39, 0.29) is 29.0 Å². The lowest BCUT2D eigenvalue weighted by atomic mass is 10.1. The molecule has 2 rings (SSSR count). The Bertz CT molecular complexity index is 762. The fourth-order valence-corrected chi connectivity index (χ4v) is 2.37. The summed E-state index contributed by atoms with van der Waals surface area (Å²) in [6.45, 7) is 1.81. The molecule has 2 aromatic carbocycles. The second kappa shape index (κ2) is 7.08. The van der Waals surface area contributed by atoms with E-state index in [1.807, 2.05) is 6.92 Å². The van der Waals surface area contributed by atoms with Gasteiger partial charge in [0.05, 0.1) is 11.0 Å². The maximum Gasteiger partial charge on any atom is 0.293 e. The molecule has 0 bridgehead atoms. The fraction of sp³-hybridized carbons (Fsp3) is 0.235. The number of benzene rings is 2. The van der Waals surface area contributed by atoms with E-state index in [1.54, 1.807) is 26.2 Å². The van der Waals surface area contributed by atoms with Gasteiger partial charge < -0.3 is 10.2 Å². The monoisotopic (exact) mass is 331 g/mol. The molecule has 0 saturated heterocycles. The average molecular weight is 331 g/mol. The van der Waals surface area contributed by atoms with Gasteiger partial charge in [0.15, 0.2) is 0 Å². The Hall–Kier alpha value is -2.96. The molecule has 24 heavy (non-hydrogen) atoms. The summed E-state index contributed by atoms with van der Waals surface area (Å²) in [5.41, 5.74) is 1.17. The Kier molecular flexibility index (Phi) is 5.13. The van der Waals surface area contributed by atoms with E-state index in [4.69, 9.17) is 0 Å². The first-order valence-corrected chi connectivity index (χ1v) is 7.34. The van der Waals surface area contributed by atoms with Crippen LogP contribution in [0.2, 0.25) is 0 Å². The van der Waals surface area contributed by atoms with E-state index < -0.39 is 4.92 Å². The molecule has 6 nitrogen and oxygen atoms in total. The van der Waals surface area contributed by atoms with Crippen molar-refractivity contribution in [3.63, 3.8) is 0 Å². The number of nitro groups is 1. The molecule has 0 fully saturated rings. The van der Waals surface area contributed by atoms with E-state index in [0.29, 0.717) is 5.69 Å². The number of nitrogens with zero attached hydrogens (tertiary/aromatic N) is 2. The summed E-state index contributed by atoms with van der Waals surface area (Å²) in [7, 11) is 3.18. The van der Waals surface area contributed by atoms with Gasteiger partial charge in [-0.25, -0.2) is 4.39 Å². The van der Waals surface area contributed by atoms with Crippen molar-refractivity contribution >= 4 is 17.3 Å². The van der Waals surface area contributed by atoms with Gasteiger partial charge in [-0.1, -0.05) is 12.1 Å². The molecule has 1 N–H and O–H groups in total. The number of anilines is 1. The summed E-state index contributed by atoms with van der Waals surface area (Å²) >= 11 is 0. The van der Waals surface area contributed by atoms with E-state index in [1.165, 1.54) is 35.2 Å². The number of nitrogens with one attached hydrogen (secondary N) is 1. The third-order valence-corrected chi connectivity index (χ3v) is 3.96. The molecule has 2 aromatic rings. The Morgan fingerprint density at radius 1 is 1.25 bits per heavy atom. The zero-order valence-electron chi connectivity index (χ0n) is 13.6. The standard InChI is InChI=1S/C17H18FN3O3/c1-11(12-4-7-14(18)8-5-12)20(3)17(22)13-6-9-15(19-2)16(10-13)21(23)24/h4-11,19H,1-3H3. The molecule has 0 saturated carbocycles. The molecule has 0 spiro atoms. The van der Waals surface area contributed by atoms with Gasteiger partial charge in [0.2, 0.25) is 0 Å². The molecule has 0 aromatic heterocycles. The molecule has 1 amide bonds. The van der Waals surface area contributed by atoms with Crippen LogP contribution in [0.3, 0.4) is 0 Å². The molecule has 0 radical (unpaired) electrons. The summed E-state index contributed by atoms with van der Waals surface area (Å²) in [4.78, 5) is 24.7. The van der Waals surface area contributed by atoms with Crippen LogP contribution in [0, 0.1) is 15.9 Å². The Labute approximate surface area is 139 Å². The predicted octanol–water partition coefficient (Wildman–Crippen LogP) is 3.61. The molecule has 0 heterocycles. The Morgan fingerprint density at radius 2 is 1.88 bits per heavy atom. The fourth-order valence-electron chi connectivity index (χ4n) is 2.37. The maximum atomic E-state index is 13.0. The minimum atomic E-state index is -0.536. The molecular formula is C17H18FN3O3. The molecule has 0 aliphatic rings. The smallest absolute Gasteiger partial charge is 0.293 e. The van der Waals surface area contributed by atoms with Crippen molar-refractivity contribution in [2.45, 2.75) is 13.0 Å². The molecule has 1 atom stereocenters. The molecule has 7 heteroatoms. The average Bonchev–Trinajstić information content (AvgIpc) is 2.59. The number of halogens is 1. The topological polar surface area (TPSA) is 75.5 Å².